The summed E-state index contributed by atoms with van der Waals surface area (Å²) in [4.78, 5) is 0. The summed E-state index contributed by atoms with van der Waals surface area (Å²) in [6.45, 7) is 12.7. The van der Waals surface area contributed by atoms with Crippen molar-refractivity contribution < 1.29 is 0 Å². The van der Waals surface area contributed by atoms with Crippen LogP contribution in [0.1, 0.15) is 56.6 Å². The molecule has 0 aliphatic heterocycles. The van der Waals surface area contributed by atoms with Gasteiger partial charge in [-0.05, 0) is 74.9 Å². The van der Waals surface area contributed by atoms with Crippen LogP contribution in [-0.2, 0) is 0 Å². The van der Waals surface area contributed by atoms with Crippen molar-refractivity contribution in [2.24, 2.45) is 11.5 Å². The fourth-order valence-electron chi connectivity index (χ4n) is 3.79. The summed E-state index contributed by atoms with van der Waals surface area (Å²) in [7, 11) is 0. The summed E-state index contributed by atoms with van der Waals surface area (Å²) >= 11 is 0. The summed E-state index contributed by atoms with van der Waals surface area (Å²) in [6.07, 6.45) is 0. The van der Waals surface area contributed by atoms with E-state index in [0.717, 1.165) is 0 Å². The van der Waals surface area contributed by atoms with E-state index in [1.54, 1.807) is 0 Å². The van der Waals surface area contributed by atoms with Crippen LogP contribution in [0.3, 0.4) is 0 Å². The van der Waals surface area contributed by atoms with E-state index in [-0.39, 0.29) is 36.9 Å². The lowest BCUT2D eigenvalue weighted by molar-refractivity contribution is 0.563. The van der Waals surface area contributed by atoms with Crippen molar-refractivity contribution in [2.45, 2.75) is 53.6 Å². The fourth-order valence-corrected chi connectivity index (χ4v) is 3.79. The molecule has 24 heavy (non-hydrogen) atoms. The molecule has 0 saturated carbocycles. The zero-order valence-electron chi connectivity index (χ0n) is 15.4. The molecule has 2 rings (SSSR count). The standard InChI is InChI=1S/C20H28N2.2ClH/c1-11-7-13(3)17(14(4)8-11)19(21)20(22)18-15(5)9-12(2)10-16(18)6;;/h7-10,19-20H,21-22H2,1-6H3;2*1H/t19-,20-;;/m0../s1. The molecule has 4 N–H and O–H groups in total. The number of benzene rings is 2. The van der Waals surface area contributed by atoms with E-state index in [0.29, 0.717) is 0 Å². The van der Waals surface area contributed by atoms with Crippen molar-refractivity contribution >= 4 is 24.8 Å². The molecule has 0 heterocycles. The molecule has 0 bridgehead atoms. The molecule has 134 valence electrons. The molecule has 2 aromatic rings. The summed E-state index contributed by atoms with van der Waals surface area (Å²) in [5.41, 5.74) is 22.9. The van der Waals surface area contributed by atoms with Crippen molar-refractivity contribution in [1.29, 1.82) is 0 Å². The van der Waals surface area contributed by atoms with Gasteiger partial charge in [-0.15, -0.1) is 24.8 Å². The van der Waals surface area contributed by atoms with E-state index < -0.39 is 0 Å². The molecule has 0 fully saturated rings. The molecule has 2 nitrogen and oxygen atoms in total. The Morgan fingerprint density at radius 2 is 0.750 bits per heavy atom. The van der Waals surface area contributed by atoms with Crippen LogP contribution in [-0.4, -0.2) is 0 Å². The molecule has 4 heteroatoms. The molecule has 0 amide bonds. The highest BCUT2D eigenvalue weighted by Crippen LogP contribution is 2.33. The lowest BCUT2D eigenvalue weighted by Crippen LogP contribution is -2.29. The van der Waals surface area contributed by atoms with Crippen LogP contribution in [0.25, 0.3) is 0 Å². The number of hydrogen-bond donors (Lipinski definition) is 2. The van der Waals surface area contributed by atoms with E-state index in [2.05, 4.69) is 65.8 Å². The topological polar surface area (TPSA) is 52.0 Å². The Balaban J connectivity index is 0.00000264. The second-order valence-corrected chi connectivity index (χ2v) is 6.68. The van der Waals surface area contributed by atoms with Gasteiger partial charge in [-0.3, -0.25) is 0 Å². The summed E-state index contributed by atoms with van der Waals surface area (Å²) in [5, 5.41) is 0. The van der Waals surface area contributed by atoms with Gasteiger partial charge in [0.25, 0.3) is 0 Å². The largest absolute Gasteiger partial charge is 0.322 e. The minimum atomic E-state index is -0.194. The van der Waals surface area contributed by atoms with Crippen LogP contribution in [0.5, 0.6) is 0 Å². The van der Waals surface area contributed by atoms with Gasteiger partial charge in [-0.25, -0.2) is 0 Å². The van der Waals surface area contributed by atoms with Crippen LogP contribution in [0.4, 0.5) is 0 Å². The summed E-state index contributed by atoms with van der Waals surface area (Å²) in [5.74, 6) is 0. The second kappa shape index (κ2) is 8.87. The van der Waals surface area contributed by atoms with Crippen LogP contribution < -0.4 is 11.5 Å². The Kier molecular flexibility index (Phi) is 8.47. The van der Waals surface area contributed by atoms with E-state index in [1.807, 2.05) is 0 Å². The van der Waals surface area contributed by atoms with Crippen molar-refractivity contribution in [3.05, 3.63) is 68.8 Å². The minimum absolute atomic E-state index is 0. The molecule has 0 aliphatic rings. The lowest BCUT2D eigenvalue weighted by atomic mass is 9.85. The van der Waals surface area contributed by atoms with Crippen LogP contribution in [0.15, 0.2) is 24.3 Å². The highest BCUT2D eigenvalue weighted by atomic mass is 35.5. The average molecular weight is 369 g/mol. The van der Waals surface area contributed by atoms with Crippen molar-refractivity contribution in [3.8, 4) is 0 Å². The Morgan fingerprint density at radius 1 is 0.542 bits per heavy atom. The van der Waals surface area contributed by atoms with E-state index >= 15 is 0 Å². The quantitative estimate of drug-likeness (QED) is 0.793. The smallest absolute Gasteiger partial charge is 0.0496 e. The third-order valence-electron chi connectivity index (χ3n) is 4.53. The van der Waals surface area contributed by atoms with E-state index in [9.17, 15) is 0 Å². The Morgan fingerprint density at radius 3 is 0.958 bits per heavy atom. The second-order valence-electron chi connectivity index (χ2n) is 6.68. The van der Waals surface area contributed by atoms with Gasteiger partial charge >= 0.3 is 0 Å². The molecule has 0 radical (unpaired) electrons. The molecule has 0 spiro atoms. The first-order valence-electron chi connectivity index (χ1n) is 7.89. The molecule has 2 atom stereocenters. The maximum atomic E-state index is 6.57. The number of aryl methyl sites for hydroxylation is 6. The van der Waals surface area contributed by atoms with Crippen LogP contribution in [0, 0.1) is 41.5 Å². The monoisotopic (exact) mass is 368 g/mol. The first-order valence-corrected chi connectivity index (χ1v) is 7.89. The third kappa shape index (κ3) is 4.52. The molecule has 2 aromatic carbocycles. The van der Waals surface area contributed by atoms with Crippen molar-refractivity contribution in [1.82, 2.24) is 0 Å². The zero-order chi connectivity index (χ0) is 16.6. The molecular formula is C20H30Cl2N2. The molecule has 0 aromatic heterocycles. The Labute approximate surface area is 158 Å². The van der Waals surface area contributed by atoms with Crippen molar-refractivity contribution in [2.75, 3.05) is 0 Å². The van der Waals surface area contributed by atoms with Gasteiger partial charge < -0.3 is 11.5 Å². The SMILES string of the molecule is Cc1cc(C)c([C@H](N)[C@@H](N)c2c(C)cc(C)cc2C)c(C)c1.Cl.Cl. The van der Waals surface area contributed by atoms with Gasteiger partial charge in [0.2, 0.25) is 0 Å². The van der Waals surface area contributed by atoms with E-state index in [1.165, 1.54) is 44.5 Å². The van der Waals surface area contributed by atoms with Gasteiger partial charge in [-0.2, -0.15) is 0 Å². The number of rotatable bonds is 3. The molecular weight excluding hydrogens is 339 g/mol. The van der Waals surface area contributed by atoms with Gasteiger partial charge in [0.05, 0.1) is 0 Å². The fraction of sp³-hybridized carbons (Fsp3) is 0.400. The average Bonchev–Trinajstić information content (AvgIpc) is 2.35. The number of nitrogens with two attached hydrogens (primary N) is 2. The maximum absolute atomic E-state index is 6.57. The first kappa shape index (κ1) is 22.9. The Bertz CT molecular complexity index is 603. The summed E-state index contributed by atoms with van der Waals surface area (Å²) in [6, 6.07) is 8.35. The predicted octanol–water partition coefficient (Wildman–Crippen LogP) is 5.08. The highest BCUT2D eigenvalue weighted by Gasteiger charge is 2.23. The van der Waals surface area contributed by atoms with Gasteiger partial charge in [0.15, 0.2) is 0 Å². The van der Waals surface area contributed by atoms with E-state index in [4.69, 9.17) is 11.5 Å². The van der Waals surface area contributed by atoms with Gasteiger partial charge in [-0.1, -0.05) is 35.4 Å². The molecule has 0 saturated heterocycles. The van der Waals surface area contributed by atoms with Gasteiger partial charge in [0.1, 0.15) is 0 Å². The molecule has 0 aliphatic carbocycles. The first-order chi connectivity index (χ1) is 10.2. The Hall–Kier alpha value is -1.06. The molecule has 0 unspecified atom stereocenters. The van der Waals surface area contributed by atoms with Gasteiger partial charge in [0, 0.05) is 12.1 Å². The highest BCUT2D eigenvalue weighted by molar-refractivity contribution is 5.85. The number of halogens is 2. The minimum Gasteiger partial charge on any atom is -0.322 e. The normalized spacial score (nSPS) is 12.8. The predicted molar refractivity (Wildman–Crippen MR) is 110 cm³/mol. The van der Waals surface area contributed by atoms with Crippen molar-refractivity contribution in [3.63, 3.8) is 0 Å². The number of hydrogen-bond acceptors (Lipinski definition) is 2. The lowest BCUT2D eigenvalue weighted by Gasteiger charge is -2.27. The zero-order valence-corrected chi connectivity index (χ0v) is 17.1. The third-order valence-corrected chi connectivity index (χ3v) is 4.53. The van der Waals surface area contributed by atoms with Crippen LogP contribution in [0.2, 0.25) is 0 Å². The maximum Gasteiger partial charge on any atom is 0.0496 e. The summed E-state index contributed by atoms with van der Waals surface area (Å²) < 4.78 is 0. The van der Waals surface area contributed by atoms with Crippen LogP contribution >= 0.6 is 24.8 Å².